The Kier molecular flexibility index (Phi) is 7.55. The van der Waals surface area contributed by atoms with E-state index in [9.17, 15) is 9.59 Å². The number of hydrogen-bond donors (Lipinski definition) is 3. The molecule has 5 nitrogen and oxygen atoms in total. The maximum absolute atomic E-state index is 12.6. The Hall–Kier alpha value is -2.66. The summed E-state index contributed by atoms with van der Waals surface area (Å²) in [6.45, 7) is 6.37. The number of nitrogens with two attached hydrogens (primary N) is 1. The number of imide groups is 1. The van der Waals surface area contributed by atoms with Crippen molar-refractivity contribution in [2.24, 2.45) is 11.7 Å². The number of carbonyl (C=O) groups is 2. The van der Waals surface area contributed by atoms with Crippen molar-refractivity contribution in [1.29, 1.82) is 0 Å². The number of aryl methyl sites for hydroxylation is 1. The van der Waals surface area contributed by atoms with Gasteiger partial charge in [0.25, 0.3) is 0 Å². The molecule has 0 saturated carbocycles. The van der Waals surface area contributed by atoms with Crippen LogP contribution < -0.4 is 16.4 Å². The van der Waals surface area contributed by atoms with E-state index < -0.39 is 18.0 Å². The van der Waals surface area contributed by atoms with Gasteiger partial charge in [0.15, 0.2) is 0 Å². The average molecular weight is 367 g/mol. The highest BCUT2D eigenvalue weighted by molar-refractivity contribution is 5.96. The SMILES string of the molecule is CCCc1ccc([C@@H](N[C@@H](C(=O)NC(N)=O)c2ccccc2)C(C)C)cc1. The van der Waals surface area contributed by atoms with E-state index in [0.29, 0.717) is 0 Å². The summed E-state index contributed by atoms with van der Waals surface area (Å²) in [5, 5.41) is 5.62. The lowest BCUT2D eigenvalue weighted by molar-refractivity contribution is -0.122. The average Bonchev–Trinajstić information content (AvgIpc) is 2.63. The largest absolute Gasteiger partial charge is 0.351 e. The molecule has 0 unspecified atom stereocenters. The number of hydrogen-bond acceptors (Lipinski definition) is 3. The third-order valence-electron chi connectivity index (χ3n) is 4.53. The van der Waals surface area contributed by atoms with Crippen LogP contribution >= 0.6 is 0 Å². The molecule has 2 aromatic carbocycles. The van der Waals surface area contributed by atoms with Crippen LogP contribution in [0, 0.1) is 5.92 Å². The first-order valence-corrected chi connectivity index (χ1v) is 9.42. The van der Waals surface area contributed by atoms with Gasteiger partial charge in [-0.3, -0.25) is 15.4 Å². The molecule has 0 heterocycles. The van der Waals surface area contributed by atoms with Gasteiger partial charge in [-0.25, -0.2) is 4.79 Å². The minimum absolute atomic E-state index is 0.0514. The number of primary amides is 1. The Bertz CT molecular complexity index is 742. The maximum Gasteiger partial charge on any atom is 0.318 e. The minimum atomic E-state index is -0.854. The molecule has 2 rings (SSSR count). The number of carbonyl (C=O) groups excluding carboxylic acids is 2. The van der Waals surface area contributed by atoms with E-state index in [0.717, 1.165) is 24.0 Å². The second kappa shape index (κ2) is 9.88. The van der Waals surface area contributed by atoms with E-state index in [1.54, 1.807) is 0 Å². The number of urea groups is 1. The minimum Gasteiger partial charge on any atom is -0.351 e. The van der Waals surface area contributed by atoms with E-state index in [1.165, 1.54) is 5.56 Å². The number of benzene rings is 2. The lowest BCUT2D eigenvalue weighted by Gasteiger charge is -2.28. The van der Waals surface area contributed by atoms with Crippen molar-refractivity contribution in [2.75, 3.05) is 0 Å². The fraction of sp³-hybridized carbons (Fsp3) is 0.364. The van der Waals surface area contributed by atoms with Crippen molar-refractivity contribution in [1.82, 2.24) is 10.6 Å². The molecule has 27 heavy (non-hydrogen) atoms. The molecular weight excluding hydrogens is 338 g/mol. The van der Waals surface area contributed by atoms with E-state index in [2.05, 4.69) is 55.7 Å². The highest BCUT2D eigenvalue weighted by Gasteiger charge is 2.27. The van der Waals surface area contributed by atoms with Gasteiger partial charge in [-0.15, -0.1) is 0 Å². The first-order valence-electron chi connectivity index (χ1n) is 9.42. The maximum atomic E-state index is 12.6. The predicted molar refractivity (Wildman–Crippen MR) is 108 cm³/mol. The van der Waals surface area contributed by atoms with E-state index in [-0.39, 0.29) is 12.0 Å². The van der Waals surface area contributed by atoms with Crippen molar-refractivity contribution < 1.29 is 9.59 Å². The van der Waals surface area contributed by atoms with Gasteiger partial charge >= 0.3 is 6.03 Å². The third-order valence-corrected chi connectivity index (χ3v) is 4.53. The zero-order valence-corrected chi connectivity index (χ0v) is 16.2. The predicted octanol–water partition coefficient (Wildman–Crippen LogP) is 3.86. The fourth-order valence-corrected chi connectivity index (χ4v) is 3.20. The van der Waals surface area contributed by atoms with Crippen molar-refractivity contribution in [3.8, 4) is 0 Å². The second-order valence-electron chi connectivity index (χ2n) is 7.08. The van der Waals surface area contributed by atoms with Crippen LogP contribution in [0.3, 0.4) is 0 Å². The Morgan fingerprint density at radius 2 is 1.59 bits per heavy atom. The zero-order chi connectivity index (χ0) is 19.8. The second-order valence-corrected chi connectivity index (χ2v) is 7.08. The molecular formula is C22H29N3O2. The smallest absolute Gasteiger partial charge is 0.318 e. The quantitative estimate of drug-likeness (QED) is 0.662. The molecule has 0 aliphatic carbocycles. The first-order chi connectivity index (χ1) is 12.9. The van der Waals surface area contributed by atoms with Crippen LogP contribution in [-0.2, 0) is 11.2 Å². The third kappa shape index (κ3) is 5.93. The molecule has 5 heteroatoms. The van der Waals surface area contributed by atoms with Crippen LogP contribution in [0.1, 0.15) is 56.0 Å². The Balaban J connectivity index is 2.30. The Morgan fingerprint density at radius 1 is 0.963 bits per heavy atom. The molecule has 0 saturated heterocycles. The first kappa shape index (κ1) is 20.6. The lowest BCUT2D eigenvalue weighted by atomic mass is 9.92. The van der Waals surface area contributed by atoms with Gasteiger partial charge in [-0.1, -0.05) is 81.8 Å². The molecule has 0 fully saturated rings. The molecule has 2 aromatic rings. The highest BCUT2D eigenvalue weighted by Crippen LogP contribution is 2.26. The van der Waals surface area contributed by atoms with Gasteiger partial charge in [-0.05, 0) is 29.0 Å². The van der Waals surface area contributed by atoms with Crippen molar-refractivity contribution in [3.63, 3.8) is 0 Å². The van der Waals surface area contributed by atoms with Crippen molar-refractivity contribution in [3.05, 3.63) is 71.3 Å². The summed E-state index contributed by atoms with van der Waals surface area (Å²) in [5.41, 5.74) is 8.35. The van der Waals surface area contributed by atoms with Gasteiger partial charge in [0.2, 0.25) is 5.91 Å². The van der Waals surface area contributed by atoms with Gasteiger partial charge in [0, 0.05) is 6.04 Å². The van der Waals surface area contributed by atoms with Crippen LogP contribution in [-0.4, -0.2) is 11.9 Å². The normalized spacial score (nSPS) is 13.2. The van der Waals surface area contributed by atoms with Gasteiger partial charge in [-0.2, -0.15) is 0 Å². The summed E-state index contributed by atoms with van der Waals surface area (Å²) in [4.78, 5) is 23.8. The number of nitrogens with one attached hydrogen (secondary N) is 2. The van der Waals surface area contributed by atoms with Crippen molar-refractivity contribution >= 4 is 11.9 Å². The monoisotopic (exact) mass is 367 g/mol. The summed E-state index contributed by atoms with van der Waals surface area (Å²) in [7, 11) is 0. The topological polar surface area (TPSA) is 84.2 Å². The molecule has 2 atom stereocenters. The lowest BCUT2D eigenvalue weighted by Crippen LogP contribution is -2.44. The summed E-state index contributed by atoms with van der Waals surface area (Å²) in [6.07, 6.45) is 2.16. The van der Waals surface area contributed by atoms with E-state index >= 15 is 0 Å². The molecule has 0 aliphatic rings. The van der Waals surface area contributed by atoms with Crippen LogP contribution in [0.2, 0.25) is 0 Å². The summed E-state index contributed by atoms with van der Waals surface area (Å²) in [5.74, 6) is -0.212. The van der Waals surface area contributed by atoms with Crippen LogP contribution in [0.15, 0.2) is 54.6 Å². The molecule has 0 aromatic heterocycles. The number of amides is 3. The molecule has 144 valence electrons. The summed E-state index contributed by atoms with van der Waals surface area (Å²) in [6, 6.07) is 16.2. The van der Waals surface area contributed by atoms with Gasteiger partial charge in [0.1, 0.15) is 6.04 Å². The van der Waals surface area contributed by atoms with Crippen LogP contribution in [0.5, 0.6) is 0 Å². The van der Waals surface area contributed by atoms with Crippen molar-refractivity contribution in [2.45, 2.75) is 45.7 Å². The molecule has 0 bridgehead atoms. The molecule has 0 spiro atoms. The zero-order valence-electron chi connectivity index (χ0n) is 16.2. The van der Waals surface area contributed by atoms with Crippen LogP contribution in [0.25, 0.3) is 0 Å². The Labute approximate surface area is 161 Å². The van der Waals surface area contributed by atoms with Crippen LogP contribution in [0.4, 0.5) is 4.79 Å². The molecule has 0 aliphatic heterocycles. The Morgan fingerprint density at radius 3 is 2.11 bits per heavy atom. The molecule has 4 N–H and O–H groups in total. The van der Waals surface area contributed by atoms with E-state index in [4.69, 9.17) is 5.73 Å². The van der Waals surface area contributed by atoms with E-state index in [1.807, 2.05) is 30.3 Å². The highest BCUT2D eigenvalue weighted by atomic mass is 16.2. The van der Waals surface area contributed by atoms with Gasteiger partial charge in [0.05, 0.1) is 0 Å². The van der Waals surface area contributed by atoms with Gasteiger partial charge < -0.3 is 5.73 Å². The molecule has 0 radical (unpaired) electrons. The summed E-state index contributed by atoms with van der Waals surface area (Å²) >= 11 is 0. The molecule has 3 amide bonds. The fourth-order valence-electron chi connectivity index (χ4n) is 3.20. The number of rotatable bonds is 8. The standard InChI is InChI=1S/C22H29N3O2/c1-4-8-16-11-13-18(14-12-16)19(15(2)3)24-20(21(26)25-22(23)27)17-9-6-5-7-10-17/h5-7,9-15,19-20,24H,4,8H2,1-3H3,(H3,23,25,26,27)/t19-,20+/m0/s1. The summed E-state index contributed by atoms with van der Waals surface area (Å²) < 4.78 is 0.